The van der Waals surface area contributed by atoms with E-state index in [2.05, 4.69) is 17.0 Å². The Morgan fingerprint density at radius 2 is 2.05 bits per heavy atom. The van der Waals surface area contributed by atoms with Crippen LogP contribution in [0.3, 0.4) is 0 Å². The number of rotatable bonds is 3. The number of nitrogens with zero attached hydrogens (tertiary/aromatic N) is 4. The Balaban J connectivity index is 2.31. The summed E-state index contributed by atoms with van der Waals surface area (Å²) in [5, 5.41) is 4.45. The van der Waals surface area contributed by atoms with Crippen molar-refractivity contribution in [3.63, 3.8) is 0 Å². The van der Waals surface area contributed by atoms with E-state index in [1.54, 1.807) is 27.4 Å². The SMILES string of the molecule is CCCc1nn(C)c2c1nc(N)n2-c1ccccc1F. The molecule has 0 unspecified atom stereocenters. The smallest absolute Gasteiger partial charge is 0.207 e. The van der Waals surface area contributed by atoms with E-state index in [0.29, 0.717) is 5.69 Å². The number of fused-ring (bicyclic) bond motifs is 1. The van der Waals surface area contributed by atoms with Gasteiger partial charge in [-0.15, -0.1) is 0 Å². The molecule has 0 fully saturated rings. The summed E-state index contributed by atoms with van der Waals surface area (Å²) >= 11 is 0. The zero-order valence-electron chi connectivity index (χ0n) is 11.5. The van der Waals surface area contributed by atoms with Gasteiger partial charge in [0.2, 0.25) is 5.95 Å². The number of nitrogen functional groups attached to an aromatic ring is 1. The lowest BCUT2D eigenvalue weighted by molar-refractivity contribution is 0.618. The third kappa shape index (κ3) is 1.76. The first-order chi connectivity index (χ1) is 9.63. The molecular weight excluding hydrogens is 257 g/mol. The molecule has 104 valence electrons. The molecule has 0 atom stereocenters. The minimum Gasteiger partial charge on any atom is -0.369 e. The number of benzene rings is 1. The van der Waals surface area contributed by atoms with E-state index < -0.39 is 0 Å². The van der Waals surface area contributed by atoms with Crippen LogP contribution in [0.5, 0.6) is 0 Å². The number of nitrogens with two attached hydrogens (primary N) is 1. The monoisotopic (exact) mass is 273 g/mol. The maximum absolute atomic E-state index is 14.0. The molecule has 2 N–H and O–H groups in total. The quantitative estimate of drug-likeness (QED) is 0.797. The zero-order chi connectivity index (χ0) is 14.3. The van der Waals surface area contributed by atoms with Crippen LogP contribution in [0.4, 0.5) is 10.3 Å². The van der Waals surface area contributed by atoms with Gasteiger partial charge in [-0.3, -0.25) is 4.57 Å². The van der Waals surface area contributed by atoms with Gasteiger partial charge in [-0.1, -0.05) is 25.5 Å². The topological polar surface area (TPSA) is 61.7 Å². The van der Waals surface area contributed by atoms with Crippen molar-refractivity contribution in [3.8, 4) is 5.69 Å². The lowest BCUT2D eigenvalue weighted by Gasteiger charge is -2.07. The van der Waals surface area contributed by atoms with Gasteiger partial charge < -0.3 is 5.73 Å². The van der Waals surface area contributed by atoms with Gasteiger partial charge in [0.1, 0.15) is 11.3 Å². The highest BCUT2D eigenvalue weighted by Gasteiger charge is 2.19. The Bertz CT molecular complexity index is 771. The molecule has 2 aromatic heterocycles. The first kappa shape index (κ1) is 12.7. The van der Waals surface area contributed by atoms with Crippen LogP contribution >= 0.6 is 0 Å². The van der Waals surface area contributed by atoms with E-state index in [4.69, 9.17) is 5.73 Å². The van der Waals surface area contributed by atoms with Crippen molar-refractivity contribution >= 4 is 17.1 Å². The van der Waals surface area contributed by atoms with Gasteiger partial charge in [0.15, 0.2) is 5.65 Å². The molecule has 0 saturated carbocycles. The predicted molar refractivity (Wildman–Crippen MR) is 76.2 cm³/mol. The van der Waals surface area contributed by atoms with Crippen LogP contribution in [0.25, 0.3) is 16.9 Å². The highest BCUT2D eigenvalue weighted by Crippen LogP contribution is 2.26. The summed E-state index contributed by atoms with van der Waals surface area (Å²) in [5.74, 6) is -0.0628. The molecule has 2 heterocycles. The number of aromatic nitrogens is 4. The van der Waals surface area contributed by atoms with Gasteiger partial charge in [-0.25, -0.2) is 14.1 Å². The standard InChI is InChI=1S/C14H16FN5/c1-3-6-10-12-13(19(2)18-10)20(14(16)17-12)11-8-5-4-7-9(11)15/h4-5,7-8H,3,6H2,1-2H3,(H2,16,17). The van der Waals surface area contributed by atoms with Crippen molar-refractivity contribution in [2.45, 2.75) is 19.8 Å². The van der Waals surface area contributed by atoms with Crippen LogP contribution in [-0.4, -0.2) is 19.3 Å². The Morgan fingerprint density at radius 1 is 1.30 bits per heavy atom. The molecule has 0 saturated heterocycles. The largest absolute Gasteiger partial charge is 0.369 e. The van der Waals surface area contributed by atoms with E-state index in [1.165, 1.54) is 6.07 Å². The van der Waals surface area contributed by atoms with Gasteiger partial charge in [0.25, 0.3) is 0 Å². The maximum Gasteiger partial charge on any atom is 0.207 e. The normalized spacial score (nSPS) is 11.3. The molecule has 5 nitrogen and oxygen atoms in total. The lowest BCUT2D eigenvalue weighted by atomic mass is 10.2. The molecule has 0 amide bonds. The predicted octanol–water partition coefficient (Wildman–Crippen LogP) is 2.43. The molecule has 0 aliphatic rings. The average Bonchev–Trinajstić information content (AvgIpc) is 2.89. The van der Waals surface area contributed by atoms with Crippen molar-refractivity contribution in [2.24, 2.45) is 7.05 Å². The minimum atomic E-state index is -0.336. The van der Waals surface area contributed by atoms with Gasteiger partial charge in [-0.05, 0) is 18.6 Å². The first-order valence-electron chi connectivity index (χ1n) is 6.58. The molecule has 3 aromatic rings. The Kier molecular flexibility index (Phi) is 2.93. The fraction of sp³-hybridized carbons (Fsp3) is 0.286. The molecule has 0 spiro atoms. The van der Waals surface area contributed by atoms with Gasteiger partial charge in [0, 0.05) is 7.05 Å². The van der Waals surface area contributed by atoms with E-state index in [9.17, 15) is 4.39 Å². The highest BCUT2D eigenvalue weighted by atomic mass is 19.1. The average molecular weight is 273 g/mol. The second-order valence-electron chi connectivity index (χ2n) is 4.75. The van der Waals surface area contributed by atoms with Gasteiger partial charge in [-0.2, -0.15) is 5.10 Å². The van der Waals surface area contributed by atoms with Crippen molar-refractivity contribution in [3.05, 3.63) is 35.8 Å². The Labute approximate surface area is 115 Å². The number of anilines is 1. The summed E-state index contributed by atoms with van der Waals surface area (Å²) in [4.78, 5) is 4.36. The van der Waals surface area contributed by atoms with Crippen molar-refractivity contribution in [1.29, 1.82) is 0 Å². The molecule has 1 aromatic carbocycles. The molecule has 0 aliphatic carbocycles. The summed E-state index contributed by atoms with van der Waals surface area (Å²) < 4.78 is 17.3. The third-order valence-corrected chi connectivity index (χ3v) is 3.31. The Hall–Kier alpha value is -2.37. The fourth-order valence-corrected chi connectivity index (χ4v) is 2.47. The van der Waals surface area contributed by atoms with E-state index in [1.807, 2.05) is 7.05 Å². The van der Waals surface area contributed by atoms with E-state index in [-0.39, 0.29) is 11.8 Å². The number of hydrogen-bond acceptors (Lipinski definition) is 3. The second kappa shape index (κ2) is 4.63. The number of aryl methyl sites for hydroxylation is 2. The second-order valence-corrected chi connectivity index (χ2v) is 4.75. The molecule has 6 heteroatoms. The third-order valence-electron chi connectivity index (χ3n) is 3.31. The summed E-state index contributed by atoms with van der Waals surface area (Å²) in [7, 11) is 1.82. The minimum absolute atomic E-state index is 0.274. The van der Waals surface area contributed by atoms with Crippen LogP contribution in [0.1, 0.15) is 19.0 Å². The van der Waals surface area contributed by atoms with Gasteiger partial charge >= 0.3 is 0 Å². The summed E-state index contributed by atoms with van der Waals surface area (Å²) in [6, 6.07) is 6.51. The molecule has 0 aliphatic heterocycles. The number of imidazole rings is 1. The van der Waals surface area contributed by atoms with Crippen molar-refractivity contribution in [2.75, 3.05) is 5.73 Å². The molecular formula is C14H16FN5. The summed E-state index contributed by atoms with van der Waals surface area (Å²) in [5.41, 5.74) is 8.72. The van der Waals surface area contributed by atoms with Crippen molar-refractivity contribution in [1.82, 2.24) is 19.3 Å². The number of halogens is 1. The van der Waals surface area contributed by atoms with Crippen molar-refractivity contribution < 1.29 is 4.39 Å². The van der Waals surface area contributed by atoms with Crippen LogP contribution < -0.4 is 5.73 Å². The first-order valence-corrected chi connectivity index (χ1v) is 6.58. The number of para-hydroxylation sites is 1. The van der Waals surface area contributed by atoms with Crippen LogP contribution in [0, 0.1) is 5.82 Å². The molecule has 0 bridgehead atoms. The summed E-state index contributed by atoms with van der Waals surface area (Å²) in [6.45, 7) is 2.08. The molecule has 20 heavy (non-hydrogen) atoms. The molecule has 0 radical (unpaired) electrons. The van der Waals surface area contributed by atoms with Crippen LogP contribution in [0.15, 0.2) is 24.3 Å². The highest BCUT2D eigenvalue weighted by molar-refractivity contribution is 5.80. The number of hydrogen-bond donors (Lipinski definition) is 1. The van der Waals surface area contributed by atoms with Gasteiger partial charge in [0.05, 0.1) is 11.4 Å². The lowest BCUT2D eigenvalue weighted by Crippen LogP contribution is -2.06. The molecule has 3 rings (SSSR count). The maximum atomic E-state index is 14.0. The zero-order valence-corrected chi connectivity index (χ0v) is 11.5. The van der Waals surface area contributed by atoms with E-state index in [0.717, 1.165) is 29.7 Å². The van der Waals surface area contributed by atoms with E-state index >= 15 is 0 Å². The fourth-order valence-electron chi connectivity index (χ4n) is 2.47. The Morgan fingerprint density at radius 3 is 2.75 bits per heavy atom. The van der Waals surface area contributed by atoms with Crippen LogP contribution in [-0.2, 0) is 13.5 Å². The summed E-state index contributed by atoms with van der Waals surface area (Å²) in [6.07, 6.45) is 1.80. The van der Waals surface area contributed by atoms with Crippen LogP contribution in [0.2, 0.25) is 0 Å².